The van der Waals surface area contributed by atoms with Crippen molar-refractivity contribution in [3.8, 4) is 0 Å². The van der Waals surface area contributed by atoms with Gasteiger partial charge in [-0.2, -0.15) is 9.40 Å². The van der Waals surface area contributed by atoms with Crippen molar-refractivity contribution in [1.29, 1.82) is 0 Å². The van der Waals surface area contributed by atoms with Gasteiger partial charge in [-0.15, -0.1) is 0 Å². The Labute approximate surface area is 275 Å². The number of nitrogens with one attached hydrogen (secondary N) is 4. The van der Waals surface area contributed by atoms with E-state index in [1.165, 1.54) is 11.8 Å². The molecule has 2 fully saturated rings. The van der Waals surface area contributed by atoms with Gasteiger partial charge in [0.1, 0.15) is 4.90 Å². The molecule has 3 heterocycles. The normalized spacial score (nSPS) is 22.6. The molecular weight excluding hydrogens is 610 g/mol. The van der Waals surface area contributed by atoms with Crippen molar-refractivity contribution < 1.29 is 27.4 Å². The van der Waals surface area contributed by atoms with Crippen LogP contribution in [0.25, 0.3) is 0 Å². The van der Waals surface area contributed by atoms with Gasteiger partial charge in [0.15, 0.2) is 0 Å². The smallest absolute Gasteiger partial charge is 0.246 e. The van der Waals surface area contributed by atoms with Crippen molar-refractivity contribution >= 4 is 10.0 Å². The molecule has 2 aromatic rings. The van der Waals surface area contributed by atoms with Crippen LogP contribution in [0, 0.1) is 0 Å². The summed E-state index contributed by atoms with van der Waals surface area (Å²) in [7, 11) is -3.49. The van der Waals surface area contributed by atoms with E-state index in [-0.39, 0.29) is 11.0 Å². The fraction of sp³-hybridized carbons (Fsp3) is 0.719. The topological polar surface area (TPSA) is 140 Å². The first-order valence-corrected chi connectivity index (χ1v) is 18.3. The Morgan fingerprint density at radius 2 is 1.22 bits per heavy atom. The summed E-state index contributed by atoms with van der Waals surface area (Å²) in [5, 5.41) is 17.9. The second-order valence-electron chi connectivity index (χ2n) is 11.6. The van der Waals surface area contributed by atoms with Crippen molar-refractivity contribution in [1.82, 2.24) is 35.4 Å². The first-order chi connectivity index (χ1) is 22.6. The van der Waals surface area contributed by atoms with E-state index >= 15 is 0 Å². The molecule has 0 amide bonds. The quantitative estimate of drug-likeness (QED) is 0.342. The van der Waals surface area contributed by atoms with Crippen molar-refractivity contribution in [2.24, 2.45) is 0 Å². The molecular formula is C32H55N7O6S. The lowest BCUT2D eigenvalue weighted by atomic mass is 10.1. The Balaban J connectivity index is 1.23. The Morgan fingerprint density at radius 3 is 1.80 bits per heavy atom. The van der Waals surface area contributed by atoms with Crippen molar-refractivity contribution in [2.45, 2.75) is 43.2 Å². The molecule has 13 nitrogen and oxygen atoms in total. The van der Waals surface area contributed by atoms with Crippen LogP contribution < -0.4 is 21.3 Å². The average Bonchev–Trinajstić information content (AvgIpc) is 3.55. The summed E-state index contributed by atoms with van der Waals surface area (Å²) in [4.78, 5) is 0.265. The zero-order valence-corrected chi connectivity index (χ0v) is 28.1. The standard InChI is InChI=1S/C32H55N7O6S/c40-46(41,39-15-2-1-3-16-39)32-26-37-38(28-32)27-30-6-4-29(5-7-30)24-31-25-36-13-22-44-20-11-34-9-18-42-17-8-33-10-19-43-21-12-35-14-23-45-31/h4-7,26,28,31,33-36H,1-3,8-25,27H2. The highest BCUT2D eigenvalue weighted by atomic mass is 32.2. The van der Waals surface area contributed by atoms with E-state index in [4.69, 9.17) is 18.9 Å². The number of nitrogens with zero attached hydrogens (tertiary/aromatic N) is 3. The average molecular weight is 666 g/mol. The molecule has 0 radical (unpaired) electrons. The van der Waals surface area contributed by atoms with Gasteiger partial charge >= 0.3 is 0 Å². The zero-order chi connectivity index (χ0) is 32.1. The fourth-order valence-electron chi connectivity index (χ4n) is 5.35. The fourth-order valence-corrected chi connectivity index (χ4v) is 6.82. The Morgan fingerprint density at radius 1 is 0.696 bits per heavy atom. The van der Waals surface area contributed by atoms with Crippen LogP contribution in [0.2, 0.25) is 0 Å². The second kappa shape index (κ2) is 21.8. The van der Waals surface area contributed by atoms with Gasteiger partial charge in [-0.25, -0.2) is 8.42 Å². The molecule has 1 unspecified atom stereocenters. The van der Waals surface area contributed by atoms with Crippen molar-refractivity contribution in [3.63, 3.8) is 0 Å². The van der Waals surface area contributed by atoms with Gasteiger partial charge < -0.3 is 40.2 Å². The maximum Gasteiger partial charge on any atom is 0.246 e. The lowest BCUT2D eigenvalue weighted by molar-refractivity contribution is 0.0518. The minimum atomic E-state index is -3.49. The summed E-state index contributed by atoms with van der Waals surface area (Å²) in [6.45, 7) is 12.6. The lowest BCUT2D eigenvalue weighted by Gasteiger charge is -2.25. The maximum atomic E-state index is 13.0. The third-order valence-electron chi connectivity index (χ3n) is 7.94. The van der Waals surface area contributed by atoms with Crippen LogP contribution in [0.15, 0.2) is 41.6 Å². The summed E-state index contributed by atoms with van der Waals surface area (Å²) in [5.41, 5.74) is 2.24. The highest BCUT2D eigenvalue weighted by Gasteiger charge is 2.27. The number of ether oxygens (including phenoxy) is 4. The molecule has 2 aliphatic rings. The number of benzene rings is 1. The van der Waals surface area contributed by atoms with Crippen LogP contribution in [0.3, 0.4) is 0 Å². The van der Waals surface area contributed by atoms with Crippen LogP contribution in [0.1, 0.15) is 30.4 Å². The van der Waals surface area contributed by atoms with E-state index in [1.54, 1.807) is 15.2 Å². The Bertz CT molecular complexity index is 1150. The van der Waals surface area contributed by atoms with E-state index in [0.717, 1.165) is 83.6 Å². The molecule has 0 bridgehead atoms. The largest absolute Gasteiger partial charge is 0.379 e. The molecule has 46 heavy (non-hydrogen) atoms. The van der Waals surface area contributed by atoms with E-state index in [9.17, 15) is 8.42 Å². The first-order valence-electron chi connectivity index (χ1n) is 16.9. The summed E-state index contributed by atoms with van der Waals surface area (Å²) < 4.78 is 52.6. The lowest BCUT2D eigenvalue weighted by Crippen LogP contribution is -2.35. The van der Waals surface area contributed by atoms with Crippen molar-refractivity contribution in [3.05, 3.63) is 47.8 Å². The molecule has 4 N–H and O–H groups in total. The van der Waals surface area contributed by atoms with Gasteiger partial charge in [0.25, 0.3) is 0 Å². The number of sulfonamides is 1. The van der Waals surface area contributed by atoms with Crippen molar-refractivity contribution in [2.75, 3.05) is 112 Å². The molecule has 1 aromatic carbocycles. The molecule has 0 spiro atoms. The first kappa shape index (κ1) is 36.8. The summed E-state index contributed by atoms with van der Waals surface area (Å²) in [5.74, 6) is 0. The molecule has 2 saturated heterocycles. The monoisotopic (exact) mass is 665 g/mol. The van der Waals surface area contributed by atoms with Gasteiger partial charge in [0.2, 0.25) is 10.0 Å². The third kappa shape index (κ3) is 14.0. The van der Waals surface area contributed by atoms with E-state index in [1.807, 2.05) is 0 Å². The zero-order valence-electron chi connectivity index (χ0n) is 27.3. The maximum absolute atomic E-state index is 13.0. The van der Waals surface area contributed by atoms with Crippen LogP contribution >= 0.6 is 0 Å². The van der Waals surface area contributed by atoms with Gasteiger partial charge in [0.05, 0.1) is 65.1 Å². The molecule has 1 atom stereocenters. The molecule has 1 aromatic heterocycles. The Hall–Kier alpha value is -1.98. The molecule has 14 heteroatoms. The number of hydrogen-bond acceptors (Lipinski definition) is 11. The number of hydrogen-bond donors (Lipinski definition) is 4. The molecule has 4 rings (SSSR count). The molecule has 0 saturated carbocycles. The predicted octanol–water partition coefficient (Wildman–Crippen LogP) is 0.456. The minimum absolute atomic E-state index is 0.0100. The molecule has 2 aliphatic heterocycles. The highest BCUT2D eigenvalue weighted by molar-refractivity contribution is 7.89. The highest BCUT2D eigenvalue weighted by Crippen LogP contribution is 2.20. The summed E-state index contributed by atoms with van der Waals surface area (Å²) >= 11 is 0. The van der Waals surface area contributed by atoms with Gasteiger partial charge in [-0.1, -0.05) is 30.7 Å². The number of piperidine rings is 1. The minimum Gasteiger partial charge on any atom is -0.379 e. The van der Waals surface area contributed by atoms with E-state index in [0.29, 0.717) is 65.9 Å². The third-order valence-corrected chi connectivity index (χ3v) is 9.79. The van der Waals surface area contributed by atoms with Crippen LogP contribution in [0.5, 0.6) is 0 Å². The van der Waals surface area contributed by atoms with Gasteiger partial charge in [-0.05, 0) is 30.4 Å². The number of rotatable bonds is 6. The van der Waals surface area contributed by atoms with E-state index < -0.39 is 10.0 Å². The molecule has 260 valence electrons. The predicted molar refractivity (Wildman–Crippen MR) is 178 cm³/mol. The number of aromatic nitrogens is 2. The Kier molecular flexibility index (Phi) is 17.5. The summed E-state index contributed by atoms with van der Waals surface area (Å²) in [6, 6.07) is 8.39. The summed E-state index contributed by atoms with van der Waals surface area (Å²) in [6.07, 6.45) is 6.80. The second-order valence-corrected chi connectivity index (χ2v) is 13.6. The van der Waals surface area contributed by atoms with Crippen LogP contribution in [0.4, 0.5) is 0 Å². The molecule has 0 aliphatic carbocycles. The van der Waals surface area contributed by atoms with E-state index in [2.05, 4.69) is 50.6 Å². The van der Waals surface area contributed by atoms with Gasteiger partial charge in [0, 0.05) is 71.6 Å². The SMILES string of the molecule is O=S(=O)(c1cnn(Cc2ccc(CC3CNCCOCCNCCOCCNCCOCCNCCO3)cc2)c1)N1CCCCC1. The van der Waals surface area contributed by atoms with Gasteiger partial charge in [-0.3, -0.25) is 4.68 Å². The van der Waals surface area contributed by atoms with Crippen LogP contribution in [-0.4, -0.2) is 140 Å². The van der Waals surface area contributed by atoms with Crippen LogP contribution in [-0.2, 0) is 41.9 Å².